The van der Waals surface area contributed by atoms with E-state index in [1.54, 1.807) is 0 Å². The highest BCUT2D eigenvalue weighted by molar-refractivity contribution is 9.11. The Hall–Kier alpha value is -1.37. The zero-order chi connectivity index (χ0) is 17.6. The van der Waals surface area contributed by atoms with Crippen LogP contribution < -0.4 is 9.80 Å². The van der Waals surface area contributed by atoms with Crippen LogP contribution >= 0.6 is 27.3 Å². The normalized spacial score (nSPS) is 20.5. The summed E-state index contributed by atoms with van der Waals surface area (Å²) in [6.07, 6.45) is 2.12. The van der Waals surface area contributed by atoms with Crippen molar-refractivity contribution in [1.82, 2.24) is 4.90 Å². The highest BCUT2D eigenvalue weighted by Gasteiger charge is 2.28. The molecule has 1 aromatic carbocycles. The number of likely N-dealkylation sites (N-methyl/N-ethyl adjacent to an activating group) is 1. The van der Waals surface area contributed by atoms with Crippen molar-refractivity contribution < 1.29 is 4.79 Å². The number of halogens is 1. The van der Waals surface area contributed by atoms with Crippen molar-refractivity contribution in [3.05, 3.63) is 44.6 Å². The minimum Gasteiger partial charge on any atom is -0.370 e. The minimum absolute atomic E-state index is 0.124. The Labute approximate surface area is 161 Å². The molecule has 0 aliphatic carbocycles. The van der Waals surface area contributed by atoms with Gasteiger partial charge in [0, 0.05) is 37.1 Å². The minimum atomic E-state index is 0.124. The Balaban J connectivity index is 1.50. The molecule has 4 nitrogen and oxygen atoms in total. The zero-order valence-electron chi connectivity index (χ0n) is 14.5. The Morgan fingerprint density at radius 2 is 1.88 bits per heavy atom. The van der Waals surface area contributed by atoms with Gasteiger partial charge in [0.1, 0.15) is 0 Å². The maximum Gasteiger partial charge on any atom is 0.268 e. The maximum absolute atomic E-state index is 12.8. The van der Waals surface area contributed by atoms with Gasteiger partial charge in [-0.25, -0.2) is 0 Å². The summed E-state index contributed by atoms with van der Waals surface area (Å²) in [5.41, 5.74) is 3.41. The molecule has 1 saturated heterocycles. The lowest BCUT2D eigenvalue weighted by atomic mass is 10.1. The molecule has 4 rings (SSSR count). The summed E-state index contributed by atoms with van der Waals surface area (Å²) in [6, 6.07) is 11.2. The van der Waals surface area contributed by atoms with Crippen molar-refractivity contribution in [2.45, 2.75) is 18.9 Å². The lowest BCUT2D eigenvalue weighted by Gasteiger charge is -2.27. The highest BCUT2D eigenvalue weighted by atomic mass is 79.9. The first kappa shape index (κ1) is 17.1. The van der Waals surface area contributed by atoms with Crippen LogP contribution in [-0.4, -0.2) is 50.6 Å². The maximum atomic E-state index is 12.8. The summed E-state index contributed by atoms with van der Waals surface area (Å²) in [5.74, 6) is 0.124. The SMILES string of the molecule is CN(C)C1CCN(c2ccc(N3CCc4cc(Br)sc4C3=O)cc2)C1. The number of anilines is 2. The highest BCUT2D eigenvalue weighted by Crippen LogP contribution is 2.34. The van der Waals surface area contributed by atoms with Crippen molar-refractivity contribution in [2.75, 3.05) is 43.5 Å². The molecule has 132 valence electrons. The largest absolute Gasteiger partial charge is 0.370 e. The van der Waals surface area contributed by atoms with E-state index in [1.807, 2.05) is 4.90 Å². The second kappa shape index (κ2) is 6.74. The first-order chi connectivity index (χ1) is 12.0. The van der Waals surface area contributed by atoms with Gasteiger partial charge in [-0.05, 0) is 78.8 Å². The summed E-state index contributed by atoms with van der Waals surface area (Å²) >= 11 is 5.03. The number of benzene rings is 1. The smallest absolute Gasteiger partial charge is 0.268 e. The fourth-order valence-electron chi connectivity index (χ4n) is 3.71. The standard InChI is InChI=1S/C19H22BrN3OS/c1-21(2)16-8-9-22(12-16)14-3-5-15(6-4-14)23-10-7-13-11-17(20)25-18(13)19(23)24/h3-6,11,16H,7-10,12H2,1-2H3. The van der Waals surface area contributed by atoms with Crippen LogP contribution in [0, 0.1) is 0 Å². The van der Waals surface area contributed by atoms with Gasteiger partial charge < -0.3 is 14.7 Å². The lowest BCUT2D eigenvalue weighted by molar-refractivity contribution is 0.0985. The van der Waals surface area contributed by atoms with Crippen LogP contribution in [0.15, 0.2) is 34.1 Å². The molecule has 0 spiro atoms. The van der Waals surface area contributed by atoms with E-state index in [9.17, 15) is 4.79 Å². The zero-order valence-corrected chi connectivity index (χ0v) is 16.9. The van der Waals surface area contributed by atoms with E-state index < -0.39 is 0 Å². The number of rotatable bonds is 3. The molecular formula is C19H22BrN3OS. The first-order valence-electron chi connectivity index (χ1n) is 8.64. The predicted octanol–water partition coefficient (Wildman–Crippen LogP) is 3.85. The molecule has 1 fully saturated rings. The molecule has 3 heterocycles. The molecule has 25 heavy (non-hydrogen) atoms. The van der Waals surface area contributed by atoms with Gasteiger partial charge in [0.25, 0.3) is 5.91 Å². The van der Waals surface area contributed by atoms with E-state index in [-0.39, 0.29) is 5.91 Å². The number of hydrogen-bond donors (Lipinski definition) is 0. The molecule has 1 unspecified atom stereocenters. The number of carbonyl (C=O) groups is 1. The van der Waals surface area contributed by atoms with Crippen LogP contribution in [0.4, 0.5) is 11.4 Å². The fraction of sp³-hybridized carbons (Fsp3) is 0.421. The average molecular weight is 420 g/mol. The van der Waals surface area contributed by atoms with Crippen LogP contribution in [0.1, 0.15) is 21.7 Å². The third-order valence-corrected chi connectivity index (χ3v) is 6.91. The molecule has 6 heteroatoms. The average Bonchev–Trinajstić information content (AvgIpc) is 3.22. The Morgan fingerprint density at radius 3 is 2.56 bits per heavy atom. The molecule has 0 saturated carbocycles. The van der Waals surface area contributed by atoms with Gasteiger partial charge in [0.2, 0.25) is 0 Å². The van der Waals surface area contributed by atoms with E-state index in [0.717, 1.165) is 40.4 Å². The first-order valence-corrected chi connectivity index (χ1v) is 10.3. The number of thiophene rings is 1. The van der Waals surface area contributed by atoms with Gasteiger partial charge in [0.05, 0.1) is 8.66 Å². The van der Waals surface area contributed by atoms with Crippen LogP contribution in [0.3, 0.4) is 0 Å². The second-order valence-electron chi connectivity index (χ2n) is 6.98. The molecule has 1 atom stereocenters. The Bertz CT molecular complexity index is 786. The number of carbonyl (C=O) groups excluding carboxylic acids is 1. The quantitative estimate of drug-likeness (QED) is 0.755. The van der Waals surface area contributed by atoms with E-state index in [0.29, 0.717) is 6.04 Å². The van der Waals surface area contributed by atoms with Crippen LogP contribution in [0.2, 0.25) is 0 Å². The molecule has 1 amide bonds. The molecular weight excluding hydrogens is 398 g/mol. The molecule has 0 N–H and O–H groups in total. The van der Waals surface area contributed by atoms with Crippen molar-refractivity contribution in [3.8, 4) is 0 Å². The molecule has 2 aromatic rings. The predicted molar refractivity (Wildman–Crippen MR) is 108 cm³/mol. The fourth-order valence-corrected chi connectivity index (χ4v) is 5.35. The van der Waals surface area contributed by atoms with E-state index in [2.05, 4.69) is 70.2 Å². The van der Waals surface area contributed by atoms with Crippen molar-refractivity contribution in [1.29, 1.82) is 0 Å². The molecule has 1 aromatic heterocycles. The molecule has 2 aliphatic heterocycles. The van der Waals surface area contributed by atoms with Crippen LogP contribution in [-0.2, 0) is 6.42 Å². The van der Waals surface area contributed by atoms with Crippen LogP contribution in [0.5, 0.6) is 0 Å². The second-order valence-corrected chi connectivity index (χ2v) is 9.41. The van der Waals surface area contributed by atoms with Gasteiger partial charge >= 0.3 is 0 Å². The summed E-state index contributed by atoms with van der Waals surface area (Å²) in [7, 11) is 4.30. The molecule has 0 bridgehead atoms. The van der Waals surface area contributed by atoms with Crippen molar-refractivity contribution >= 4 is 44.5 Å². The number of hydrogen-bond acceptors (Lipinski definition) is 4. The monoisotopic (exact) mass is 419 g/mol. The lowest BCUT2D eigenvalue weighted by Crippen LogP contribution is -2.36. The Morgan fingerprint density at radius 1 is 1.16 bits per heavy atom. The molecule has 0 radical (unpaired) electrons. The number of nitrogens with zero attached hydrogens (tertiary/aromatic N) is 3. The number of fused-ring (bicyclic) bond motifs is 1. The topological polar surface area (TPSA) is 26.8 Å². The summed E-state index contributed by atoms with van der Waals surface area (Å²) in [6.45, 7) is 2.92. The molecule has 2 aliphatic rings. The summed E-state index contributed by atoms with van der Waals surface area (Å²) in [4.78, 5) is 20.3. The van der Waals surface area contributed by atoms with Crippen molar-refractivity contribution in [3.63, 3.8) is 0 Å². The van der Waals surface area contributed by atoms with Gasteiger partial charge in [-0.1, -0.05) is 0 Å². The number of amides is 1. The third kappa shape index (κ3) is 3.23. The van der Waals surface area contributed by atoms with Gasteiger partial charge in [-0.3, -0.25) is 4.79 Å². The summed E-state index contributed by atoms with van der Waals surface area (Å²) < 4.78 is 1.03. The van der Waals surface area contributed by atoms with Gasteiger partial charge in [0.15, 0.2) is 0 Å². The van der Waals surface area contributed by atoms with Gasteiger partial charge in [-0.2, -0.15) is 0 Å². The van der Waals surface area contributed by atoms with Gasteiger partial charge in [-0.15, -0.1) is 11.3 Å². The van der Waals surface area contributed by atoms with E-state index in [1.165, 1.54) is 29.0 Å². The Kier molecular flexibility index (Phi) is 4.60. The van der Waals surface area contributed by atoms with Crippen molar-refractivity contribution in [2.24, 2.45) is 0 Å². The third-order valence-electron chi connectivity index (χ3n) is 5.24. The van der Waals surface area contributed by atoms with E-state index in [4.69, 9.17) is 0 Å². The summed E-state index contributed by atoms with van der Waals surface area (Å²) in [5, 5.41) is 0. The van der Waals surface area contributed by atoms with E-state index >= 15 is 0 Å². The van der Waals surface area contributed by atoms with Crippen LogP contribution in [0.25, 0.3) is 0 Å².